The standard InChI is InChI=1S/C12H14O/c1-9(11(3)13)10(2)12-7-5-4-6-8-12/h4-9H,2H2,1,3H3. The first-order valence-corrected chi connectivity index (χ1v) is 4.37. The average molecular weight is 174 g/mol. The minimum Gasteiger partial charge on any atom is -0.299 e. The van der Waals surface area contributed by atoms with Crippen molar-refractivity contribution in [3.63, 3.8) is 0 Å². The molecule has 0 amide bonds. The Morgan fingerprint density at radius 3 is 2.31 bits per heavy atom. The predicted octanol–water partition coefficient (Wildman–Crippen LogP) is 2.92. The van der Waals surface area contributed by atoms with Crippen LogP contribution in [0.1, 0.15) is 19.4 Å². The van der Waals surface area contributed by atoms with E-state index in [2.05, 4.69) is 6.58 Å². The summed E-state index contributed by atoms with van der Waals surface area (Å²) >= 11 is 0. The van der Waals surface area contributed by atoms with Gasteiger partial charge < -0.3 is 0 Å². The first-order valence-electron chi connectivity index (χ1n) is 4.37. The molecule has 0 saturated heterocycles. The molecule has 0 aliphatic rings. The molecule has 1 heteroatoms. The molecular formula is C12H14O. The Balaban J connectivity index is 2.86. The summed E-state index contributed by atoms with van der Waals surface area (Å²) in [7, 11) is 0. The van der Waals surface area contributed by atoms with E-state index in [1.807, 2.05) is 37.3 Å². The Kier molecular flexibility index (Phi) is 3.02. The lowest BCUT2D eigenvalue weighted by Gasteiger charge is -2.11. The molecule has 1 unspecified atom stereocenters. The number of carbonyl (C=O) groups excluding carboxylic acids is 1. The van der Waals surface area contributed by atoms with Crippen LogP contribution in [0.4, 0.5) is 0 Å². The highest BCUT2D eigenvalue weighted by Gasteiger charge is 2.12. The first-order chi connectivity index (χ1) is 6.13. The first kappa shape index (κ1) is 9.72. The van der Waals surface area contributed by atoms with Gasteiger partial charge in [0.25, 0.3) is 0 Å². The largest absolute Gasteiger partial charge is 0.299 e. The van der Waals surface area contributed by atoms with Gasteiger partial charge in [-0.15, -0.1) is 0 Å². The van der Waals surface area contributed by atoms with E-state index in [-0.39, 0.29) is 11.7 Å². The van der Waals surface area contributed by atoms with Crippen molar-refractivity contribution in [1.82, 2.24) is 0 Å². The molecule has 0 aliphatic carbocycles. The molecule has 1 rings (SSSR count). The number of rotatable bonds is 3. The Labute approximate surface area is 79.1 Å². The molecule has 1 aromatic carbocycles. The monoisotopic (exact) mass is 174 g/mol. The smallest absolute Gasteiger partial charge is 0.136 e. The van der Waals surface area contributed by atoms with Crippen molar-refractivity contribution in [2.75, 3.05) is 0 Å². The SMILES string of the molecule is C=C(c1ccccc1)C(C)C(C)=O. The van der Waals surface area contributed by atoms with Gasteiger partial charge in [0.2, 0.25) is 0 Å². The zero-order valence-electron chi connectivity index (χ0n) is 8.08. The van der Waals surface area contributed by atoms with Crippen LogP contribution in [0.15, 0.2) is 36.9 Å². The van der Waals surface area contributed by atoms with Crippen molar-refractivity contribution in [2.45, 2.75) is 13.8 Å². The molecule has 0 N–H and O–H groups in total. The van der Waals surface area contributed by atoms with E-state index in [0.29, 0.717) is 0 Å². The summed E-state index contributed by atoms with van der Waals surface area (Å²) in [6.07, 6.45) is 0. The molecule has 68 valence electrons. The van der Waals surface area contributed by atoms with E-state index < -0.39 is 0 Å². The minimum absolute atomic E-state index is 0.0811. The maximum Gasteiger partial charge on any atom is 0.136 e. The van der Waals surface area contributed by atoms with Crippen molar-refractivity contribution >= 4 is 11.4 Å². The summed E-state index contributed by atoms with van der Waals surface area (Å²) in [5.74, 6) is 0.0799. The van der Waals surface area contributed by atoms with Crippen LogP contribution >= 0.6 is 0 Å². The van der Waals surface area contributed by atoms with Crippen LogP contribution in [0, 0.1) is 5.92 Å². The third-order valence-corrected chi connectivity index (χ3v) is 2.28. The van der Waals surface area contributed by atoms with Crippen LogP contribution in [0.2, 0.25) is 0 Å². The molecule has 0 radical (unpaired) electrons. The fraction of sp³-hybridized carbons (Fsp3) is 0.250. The summed E-state index contributed by atoms with van der Waals surface area (Å²) in [5.41, 5.74) is 1.94. The molecule has 0 saturated carbocycles. The van der Waals surface area contributed by atoms with E-state index in [0.717, 1.165) is 11.1 Å². The molecule has 0 aliphatic heterocycles. The lowest BCUT2D eigenvalue weighted by molar-refractivity contribution is -0.118. The van der Waals surface area contributed by atoms with E-state index in [4.69, 9.17) is 0 Å². The summed E-state index contributed by atoms with van der Waals surface area (Å²) in [6, 6.07) is 9.81. The fourth-order valence-corrected chi connectivity index (χ4v) is 1.15. The van der Waals surface area contributed by atoms with Crippen LogP contribution in [-0.2, 0) is 4.79 Å². The van der Waals surface area contributed by atoms with Crippen molar-refractivity contribution in [3.8, 4) is 0 Å². The number of hydrogen-bond donors (Lipinski definition) is 0. The second-order valence-electron chi connectivity index (χ2n) is 3.22. The molecule has 1 atom stereocenters. The van der Waals surface area contributed by atoms with Gasteiger partial charge in [0.15, 0.2) is 0 Å². The van der Waals surface area contributed by atoms with E-state index >= 15 is 0 Å². The number of allylic oxidation sites excluding steroid dienone is 1. The van der Waals surface area contributed by atoms with Gasteiger partial charge in [-0.05, 0) is 18.1 Å². The highest BCUT2D eigenvalue weighted by Crippen LogP contribution is 2.21. The van der Waals surface area contributed by atoms with Crippen LogP contribution in [-0.4, -0.2) is 5.78 Å². The Hall–Kier alpha value is -1.37. The van der Waals surface area contributed by atoms with Crippen LogP contribution < -0.4 is 0 Å². The molecule has 13 heavy (non-hydrogen) atoms. The molecule has 0 heterocycles. The lowest BCUT2D eigenvalue weighted by atomic mass is 9.93. The molecule has 0 spiro atoms. The highest BCUT2D eigenvalue weighted by molar-refractivity contribution is 5.90. The van der Waals surface area contributed by atoms with Crippen LogP contribution in [0.3, 0.4) is 0 Å². The number of ketones is 1. The fourth-order valence-electron chi connectivity index (χ4n) is 1.15. The molecular weight excluding hydrogens is 160 g/mol. The summed E-state index contributed by atoms with van der Waals surface area (Å²) in [5, 5.41) is 0. The van der Waals surface area contributed by atoms with Crippen molar-refractivity contribution in [1.29, 1.82) is 0 Å². The van der Waals surface area contributed by atoms with E-state index in [1.165, 1.54) is 0 Å². The van der Waals surface area contributed by atoms with Gasteiger partial charge in [-0.2, -0.15) is 0 Å². The Bertz CT molecular complexity index is 311. The van der Waals surface area contributed by atoms with Crippen molar-refractivity contribution < 1.29 is 4.79 Å². The number of Topliss-reactive ketones (excluding diaryl/α,β-unsaturated/α-hetero) is 1. The third-order valence-electron chi connectivity index (χ3n) is 2.28. The normalized spacial score (nSPS) is 12.2. The molecule has 0 bridgehead atoms. The summed E-state index contributed by atoms with van der Waals surface area (Å²) in [4.78, 5) is 11.1. The maximum atomic E-state index is 11.1. The van der Waals surface area contributed by atoms with Crippen LogP contribution in [0.5, 0.6) is 0 Å². The summed E-state index contributed by atoms with van der Waals surface area (Å²) in [6.45, 7) is 7.41. The van der Waals surface area contributed by atoms with Gasteiger partial charge in [0.1, 0.15) is 5.78 Å². The Morgan fingerprint density at radius 1 is 1.31 bits per heavy atom. The number of benzene rings is 1. The second-order valence-corrected chi connectivity index (χ2v) is 3.22. The van der Waals surface area contributed by atoms with Gasteiger partial charge >= 0.3 is 0 Å². The van der Waals surface area contributed by atoms with E-state index in [9.17, 15) is 4.79 Å². The lowest BCUT2D eigenvalue weighted by Crippen LogP contribution is -2.07. The van der Waals surface area contributed by atoms with Gasteiger partial charge in [0.05, 0.1) is 0 Å². The zero-order valence-corrected chi connectivity index (χ0v) is 8.08. The molecule has 1 aromatic rings. The second kappa shape index (κ2) is 4.04. The quantitative estimate of drug-likeness (QED) is 0.688. The zero-order chi connectivity index (χ0) is 9.84. The van der Waals surface area contributed by atoms with Gasteiger partial charge in [-0.3, -0.25) is 4.79 Å². The third kappa shape index (κ3) is 2.28. The topological polar surface area (TPSA) is 17.1 Å². The molecule has 1 nitrogen and oxygen atoms in total. The summed E-state index contributed by atoms with van der Waals surface area (Å²) < 4.78 is 0. The van der Waals surface area contributed by atoms with E-state index in [1.54, 1.807) is 6.92 Å². The molecule has 0 fully saturated rings. The highest BCUT2D eigenvalue weighted by atomic mass is 16.1. The van der Waals surface area contributed by atoms with Crippen molar-refractivity contribution in [2.24, 2.45) is 5.92 Å². The van der Waals surface area contributed by atoms with Gasteiger partial charge in [0, 0.05) is 5.92 Å². The van der Waals surface area contributed by atoms with Crippen molar-refractivity contribution in [3.05, 3.63) is 42.5 Å². The number of hydrogen-bond acceptors (Lipinski definition) is 1. The minimum atomic E-state index is -0.0811. The van der Waals surface area contributed by atoms with Crippen LogP contribution in [0.25, 0.3) is 5.57 Å². The average Bonchev–Trinajstić information content (AvgIpc) is 2.17. The number of carbonyl (C=O) groups is 1. The predicted molar refractivity (Wildman–Crippen MR) is 55.3 cm³/mol. The molecule has 0 aromatic heterocycles. The van der Waals surface area contributed by atoms with Gasteiger partial charge in [-0.1, -0.05) is 43.8 Å². The maximum absolute atomic E-state index is 11.1. The Morgan fingerprint density at radius 2 is 1.85 bits per heavy atom. The van der Waals surface area contributed by atoms with Gasteiger partial charge in [-0.25, -0.2) is 0 Å².